The lowest BCUT2D eigenvalue weighted by molar-refractivity contribution is 0.525. The van der Waals surface area contributed by atoms with E-state index in [4.69, 9.17) is 16.6 Å². The summed E-state index contributed by atoms with van der Waals surface area (Å²) in [6.45, 7) is 3.74. The lowest BCUT2D eigenvalue weighted by Crippen LogP contribution is -2.29. The highest BCUT2D eigenvalue weighted by atomic mass is 32.1. The van der Waals surface area contributed by atoms with Crippen LogP contribution in [0.4, 0.5) is 0 Å². The van der Waals surface area contributed by atoms with E-state index < -0.39 is 0 Å². The van der Waals surface area contributed by atoms with Gasteiger partial charge in [-0.15, -0.1) is 0 Å². The van der Waals surface area contributed by atoms with Crippen molar-refractivity contribution in [1.29, 1.82) is 0 Å². The number of hydrazone groups is 1. The Kier molecular flexibility index (Phi) is 3.64. The van der Waals surface area contributed by atoms with E-state index in [0.29, 0.717) is 5.11 Å². The quantitative estimate of drug-likeness (QED) is 0.441. The minimum atomic E-state index is 0.479. The van der Waals surface area contributed by atoms with Crippen molar-refractivity contribution < 1.29 is 4.42 Å². The average molecular weight is 211 g/mol. The maximum Gasteiger partial charge on any atom is 0.186 e. The van der Waals surface area contributed by atoms with E-state index in [1.54, 1.807) is 7.05 Å². The molecule has 0 aromatic carbocycles. The normalized spacial score (nSPS) is 11.2. The number of furan rings is 1. The van der Waals surface area contributed by atoms with Gasteiger partial charge in [0, 0.05) is 7.05 Å². The van der Waals surface area contributed by atoms with Crippen LogP contribution in [0, 0.1) is 6.92 Å². The number of aryl methyl sites for hydroxylation is 1. The first-order valence-electron chi connectivity index (χ1n) is 4.22. The Bertz CT molecular complexity index is 357. The standard InChI is InChI=1S/C9H13N3OS/c1-6-4-5-8(13-6)7(2)11-12-9(14)10-3/h4-5H,1-3H3,(H2,10,12,14). The Hall–Kier alpha value is -1.36. The molecule has 14 heavy (non-hydrogen) atoms. The van der Waals surface area contributed by atoms with Gasteiger partial charge >= 0.3 is 0 Å². The van der Waals surface area contributed by atoms with Crippen LogP contribution in [-0.4, -0.2) is 17.9 Å². The van der Waals surface area contributed by atoms with E-state index in [1.165, 1.54) is 0 Å². The predicted molar refractivity (Wildman–Crippen MR) is 60.4 cm³/mol. The van der Waals surface area contributed by atoms with Gasteiger partial charge in [-0.3, -0.25) is 5.43 Å². The fourth-order valence-corrected chi connectivity index (χ4v) is 0.920. The Morgan fingerprint density at radius 3 is 2.71 bits per heavy atom. The average Bonchev–Trinajstić information content (AvgIpc) is 2.60. The second kappa shape index (κ2) is 4.76. The van der Waals surface area contributed by atoms with Crippen LogP contribution in [0.2, 0.25) is 0 Å². The molecule has 0 saturated carbocycles. The van der Waals surface area contributed by atoms with Crippen LogP contribution in [0.25, 0.3) is 0 Å². The van der Waals surface area contributed by atoms with Crippen LogP contribution < -0.4 is 10.7 Å². The molecule has 76 valence electrons. The summed E-state index contributed by atoms with van der Waals surface area (Å²) in [5, 5.41) is 7.29. The predicted octanol–water partition coefficient (Wildman–Crippen LogP) is 1.41. The minimum Gasteiger partial charge on any atom is -0.460 e. The lowest BCUT2D eigenvalue weighted by Gasteiger charge is -2.01. The number of hydrogen-bond acceptors (Lipinski definition) is 3. The molecule has 2 N–H and O–H groups in total. The van der Waals surface area contributed by atoms with Gasteiger partial charge in [0.05, 0.1) is 0 Å². The van der Waals surface area contributed by atoms with Crippen molar-refractivity contribution >= 4 is 23.0 Å². The minimum absolute atomic E-state index is 0.479. The number of thiocarbonyl (C=S) groups is 1. The molecule has 5 heteroatoms. The first-order chi connectivity index (χ1) is 6.63. The Morgan fingerprint density at radius 2 is 2.21 bits per heavy atom. The first-order valence-corrected chi connectivity index (χ1v) is 4.63. The molecule has 1 aromatic heterocycles. The van der Waals surface area contributed by atoms with Crippen LogP contribution in [0.1, 0.15) is 18.4 Å². The fourth-order valence-electron chi connectivity index (χ4n) is 0.875. The van der Waals surface area contributed by atoms with Crippen LogP contribution in [0.15, 0.2) is 21.7 Å². The summed E-state index contributed by atoms with van der Waals surface area (Å²) in [6, 6.07) is 3.77. The smallest absolute Gasteiger partial charge is 0.186 e. The third-order valence-electron chi connectivity index (χ3n) is 1.65. The van der Waals surface area contributed by atoms with Gasteiger partial charge in [0.2, 0.25) is 0 Å². The number of nitrogens with one attached hydrogen (secondary N) is 2. The lowest BCUT2D eigenvalue weighted by atomic mass is 10.3. The van der Waals surface area contributed by atoms with Crippen molar-refractivity contribution in [2.75, 3.05) is 7.05 Å². The highest BCUT2D eigenvalue weighted by molar-refractivity contribution is 7.80. The van der Waals surface area contributed by atoms with Gasteiger partial charge in [-0.05, 0) is 38.2 Å². The Balaban J connectivity index is 2.65. The molecular weight excluding hydrogens is 198 g/mol. The first kappa shape index (κ1) is 10.7. The molecule has 0 radical (unpaired) electrons. The largest absolute Gasteiger partial charge is 0.460 e. The fraction of sp³-hybridized carbons (Fsp3) is 0.333. The van der Waals surface area contributed by atoms with Gasteiger partial charge < -0.3 is 9.73 Å². The highest BCUT2D eigenvalue weighted by Gasteiger charge is 2.01. The van der Waals surface area contributed by atoms with E-state index in [9.17, 15) is 0 Å². The van der Waals surface area contributed by atoms with E-state index in [1.807, 2.05) is 26.0 Å². The SMILES string of the molecule is CNC(=S)NN=C(C)c1ccc(C)o1. The van der Waals surface area contributed by atoms with E-state index >= 15 is 0 Å². The molecule has 0 unspecified atom stereocenters. The summed E-state index contributed by atoms with van der Waals surface area (Å²) < 4.78 is 5.38. The van der Waals surface area contributed by atoms with Crippen molar-refractivity contribution in [3.63, 3.8) is 0 Å². The zero-order valence-corrected chi connectivity index (χ0v) is 9.23. The maximum absolute atomic E-state index is 5.38. The van der Waals surface area contributed by atoms with E-state index in [-0.39, 0.29) is 0 Å². The summed E-state index contributed by atoms with van der Waals surface area (Å²) in [7, 11) is 1.73. The van der Waals surface area contributed by atoms with Crippen molar-refractivity contribution in [2.24, 2.45) is 5.10 Å². The van der Waals surface area contributed by atoms with Crippen LogP contribution in [0.3, 0.4) is 0 Å². The molecule has 1 aromatic rings. The zero-order chi connectivity index (χ0) is 10.6. The van der Waals surface area contributed by atoms with Crippen molar-refractivity contribution in [3.8, 4) is 0 Å². The monoisotopic (exact) mass is 211 g/mol. The molecule has 0 bridgehead atoms. The molecule has 1 rings (SSSR count). The number of rotatable bonds is 2. The third-order valence-corrected chi connectivity index (χ3v) is 1.94. The topological polar surface area (TPSA) is 49.6 Å². The molecule has 4 nitrogen and oxygen atoms in total. The molecular formula is C9H13N3OS. The molecule has 0 spiro atoms. The van der Waals surface area contributed by atoms with Crippen molar-refractivity contribution in [2.45, 2.75) is 13.8 Å². The van der Waals surface area contributed by atoms with Crippen LogP contribution in [0.5, 0.6) is 0 Å². The second-order valence-electron chi connectivity index (χ2n) is 2.80. The van der Waals surface area contributed by atoms with Gasteiger partial charge in [0.1, 0.15) is 17.2 Å². The molecule has 0 aliphatic rings. The van der Waals surface area contributed by atoms with Gasteiger partial charge in [0.25, 0.3) is 0 Å². The maximum atomic E-state index is 5.38. The number of hydrogen-bond donors (Lipinski definition) is 2. The van der Waals surface area contributed by atoms with Gasteiger partial charge in [-0.2, -0.15) is 5.10 Å². The molecule has 0 aliphatic heterocycles. The van der Waals surface area contributed by atoms with Crippen LogP contribution in [-0.2, 0) is 0 Å². The summed E-state index contributed by atoms with van der Waals surface area (Å²) in [4.78, 5) is 0. The summed E-state index contributed by atoms with van der Waals surface area (Å²) in [5.41, 5.74) is 3.45. The van der Waals surface area contributed by atoms with Crippen molar-refractivity contribution in [3.05, 3.63) is 23.7 Å². The molecule has 0 saturated heterocycles. The summed E-state index contributed by atoms with van der Waals surface area (Å²) in [5.74, 6) is 1.61. The van der Waals surface area contributed by atoms with Crippen molar-refractivity contribution in [1.82, 2.24) is 10.7 Å². The summed E-state index contributed by atoms with van der Waals surface area (Å²) in [6.07, 6.45) is 0. The van der Waals surface area contributed by atoms with Gasteiger partial charge in [-0.1, -0.05) is 0 Å². The van der Waals surface area contributed by atoms with Gasteiger partial charge in [-0.25, -0.2) is 0 Å². The Morgan fingerprint density at radius 1 is 1.50 bits per heavy atom. The third kappa shape index (κ3) is 2.85. The van der Waals surface area contributed by atoms with Crippen LogP contribution >= 0.6 is 12.2 Å². The van der Waals surface area contributed by atoms with Gasteiger partial charge in [0.15, 0.2) is 5.11 Å². The molecule has 0 atom stereocenters. The summed E-state index contributed by atoms with van der Waals surface area (Å²) >= 11 is 4.87. The molecule has 0 amide bonds. The second-order valence-corrected chi connectivity index (χ2v) is 3.21. The molecule has 0 aliphatic carbocycles. The van der Waals surface area contributed by atoms with E-state index in [2.05, 4.69) is 15.8 Å². The molecule has 1 heterocycles. The highest BCUT2D eigenvalue weighted by Crippen LogP contribution is 2.06. The Labute approximate surface area is 88.4 Å². The van der Waals surface area contributed by atoms with E-state index in [0.717, 1.165) is 17.2 Å². The molecule has 0 fully saturated rings. The number of nitrogens with zero attached hydrogens (tertiary/aromatic N) is 1. The zero-order valence-electron chi connectivity index (χ0n) is 8.42.